The minimum atomic E-state index is 0.572. The lowest BCUT2D eigenvalue weighted by Crippen LogP contribution is -2.00. The van der Waals surface area contributed by atoms with E-state index in [1.54, 1.807) is 0 Å². The molecule has 0 saturated carbocycles. The molecule has 0 unspecified atom stereocenters. The SMILES string of the molecule is c1ccc(-c2ccc(-c3nc(-c4ccccc4)nc(-c4ccc5c(c4)oc4cc(-c6ccc(-n7c8ccccc8c8cc(-c9ccccc9)ccc87)c7oc8ccccc8c67)ccc45)n3)cc2)cc1. The molecule has 0 fully saturated rings. The van der Waals surface area contributed by atoms with Crippen molar-refractivity contribution < 1.29 is 8.83 Å². The number of hydrogen-bond donors (Lipinski definition) is 0. The number of fused-ring (bicyclic) bond motifs is 9. The van der Waals surface area contributed by atoms with Crippen LogP contribution in [0.5, 0.6) is 0 Å². The Bertz CT molecular complexity index is 4290. The molecule has 10 aromatic carbocycles. The van der Waals surface area contributed by atoms with Gasteiger partial charge in [0.1, 0.15) is 16.7 Å². The third-order valence-electron chi connectivity index (χ3n) is 13.5. The molecule has 69 heavy (non-hydrogen) atoms. The standard InChI is InChI=1S/C63H38N4O2/c1-4-14-39(15-5-1)41-24-26-43(27-25-41)62-64-61(42-18-8-3-9-19-42)65-63(66-62)46-29-32-50-49-31-28-45(37-57(49)68-58(50)38-46)47-33-35-55(60-59(47)51-21-11-13-23-56(51)69-60)67-53-22-12-10-20-48(53)52-36-44(30-34-54(52)67)40-16-6-2-7-17-40/h1-38H. The molecule has 0 atom stereocenters. The van der Waals surface area contributed by atoms with Crippen LogP contribution in [-0.4, -0.2) is 19.5 Å². The van der Waals surface area contributed by atoms with Crippen molar-refractivity contribution in [3.8, 4) is 73.2 Å². The van der Waals surface area contributed by atoms with Crippen molar-refractivity contribution in [2.75, 3.05) is 0 Å². The van der Waals surface area contributed by atoms with E-state index in [-0.39, 0.29) is 0 Å². The molecule has 0 saturated heterocycles. The van der Waals surface area contributed by atoms with Gasteiger partial charge in [-0.1, -0.05) is 176 Å². The molecule has 0 aliphatic rings. The maximum atomic E-state index is 6.89. The smallest absolute Gasteiger partial charge is 0.164 e. The zero-order valence-corrected chi connectivity index (χ0v) is 37.0. The molecule has 0 amide bonds. The topological polar surface area (TPSA) is 69.9 Å². The first kappa shape index (κ1) is 38.8. The zero-order valence-electron chi connectivity index (χ0n) is 37.0. The largest absolute Gasteiger partial charge is 0.456 e. The fourth-order valence-electron chi connectivity index (χ4n) is 10.2. The Hall–Kier alpha value is -9.39. The molecule has 0 spiro atoms. The fraction of sp³-hybridized carbons (Fsp3) is 0. The van der Waals surface area contributed by atoms with Crippen LogP contribution >= 0.6 is 0 Å². The van der Waals surface area contributed by atoms with Crippen LogP contribution in [0, 0.1) is 0 Å². The fourth-order valence-corrected chi connectivity index (χ4v) is 10.2. The molecule has 14 aromatic rings. The van der Waals surface area contributed by atoms with Crippen LogP contribution in [0.15, 0.2) is 239 Å². The Morgan fingerprint density at radius 3 is 1.49 bits per heavy atom. The van der Waals surface area contributed by atoms with Crippen molar-refractivity contribution >= 4 is 65.7 Å². The van der Waals surface area contributed by atoms with Crippen molar-refractivity contribution in [1.29, 1.82) is 0 Å². The molecule has 0 radical (unpaired) electrons. The van der Waals surface area contributed by atoms with Crippen molar-refractivity contribution in [3.05, 3.63) is 231 Å². The van der Waals surface area contributed by atoms with Crippen molar-refractivity contribution in [2.24, 2.45) is 0 Å². The summed E-state index contributed by atoms with van der Waals surface area (Å²) >= 11 is 0. The normalized spacial score (nSPS) is 11.8. The minimum Gasteiger partial charge on any atom is -0.456 e. The first-order valence-corrected chi connectivity index (χ1v) is 23.2. The Kier molecular flexibility index (Phi) is 8.79. The highest BCUT2D eigenvalue weighted by molar-refractivity contribution is 6.18. The van der Waals surface area contributed by atoms with Gasteiger partial charge < -0.3 is 13.4 Å². The van der Waals surface area contributed by atoms with E-state index >= 15 is 0 Å². The van der Waals surface area contributed by atoms with E-state index in [1.807, 2.05) is 48.5 Å². The lowest BCUT2D eigenvalue weighted by atomic mass is 9.97. The van der Waals surface area contributed by atoms with E-state index < -0.39 is 0 Å². The average molecular weight is 883 g/mol. The van der Waals surface area contributed by atoms with E-state index in [1.165, 1.54) is 21.9 Å². The Morgan fingerprint density at radius 1 is 0.290 bits per heavy atom. The number of benzene rings is 10. The van der Waals surface area contributed by atoms with Gasteiger partial charge in [-0.15, -0.1) is 0 Å². The second-order valence-corrected chi connectivity index (χ2v) is 17.5. The minimum absolute atomic E-state index is 0.572. The van der Waals surface area contributed by atoms with Crippen molar-refractivity contribution in [3.63, 3.8) is 0 Å². The molecule has 14 rings (SSSR count). The lowest BCUT2D eigenvalue weighted by molar-refractivity contribution is 0.666. The van der Waals surface area contributed by atoms with Gasteiger partial charge in [-0.3, -0.25) is 0 Å². The van der Waals surface area contributed by atoms with Gasteiger partial charge in [0, 0.05) is 49.0 Å². The van der Waals surface area contributed by atoms with Gasteiger partial charge >= 0.3 is 0 Å². The predicted octanol–water partition coefficient (Wildman–Crippen LogP) is 16.8. The average Bonchev–Trinajstić information content (AvgIpc) is 4.11. The van der Waals surface area contributed by atoms with Crippen LogP contribution in [0.25, 0.3) is 139 Å². The van der Waals surface area contributed by atoms with Crippen LogP contribution in [0.2, 0.25) is 0 Å². The summed E-state index contributed by atoms with van der Waals surface area (Å²) in [6, 6.07) is 80.4. The first-order valence-electron chi connectivity index (χ1n) is 23.2. The summed E-state index contributed by atoms with van der Waals surface area (Å²) in [5, 5.41) is 6.56. The highest BCUT2D eigenvalue weighted by atomic mass is 16.3. The third kappa shape index (κ3) is 6.45. The summed E-state index contributed by atoms with van der Waals surface area (Å²) in [6.45, 7) is 0. The molecule has 0 bridgehead atoms. The Morgan fingerprint density at radius 2 is 0.783 bits per heavy atom. The Balaban J connectivity index is 0.882. The summed E-state index contributed by atoms with van der Waals surface area (Å²) in [4.78, 5) is 15.1. The zero-order chi connectivity index (χ0) is 45.4. The van der Waals surface area contributed by atoms with E-state index in [9.17, 15) is 0 Å². The van der Waals surface area contributed by atoms with Gasteiger partial charge in [0.2, 0.25) is 0 Å². The maximum absolute atomic E-state index is 6.89. The van der Waals surface area contributed by atoms with Crippen molar-refractivity contribution in [1.82, 2.24) is 19.5 Å². The molecule has 0 aliphatic heterocycles. The summed E-state index contributed by atoms with van der Waals surface area (Å²) in [5.41, 5.74) is 15.9. The van der Waals surface area contributed by atoms with Gasteiger partial charge in [-0.05, 0) is 88.0 Å². The molecule has 0 aliphatic carbocycles. The molecule has 6 heteroatoms. The van der Waals surface area contributed by atoms with E-state index in [2.05, 4.69) is 187 Å². The molecular formula is C63H38N4O2. The maximum Gasteiger partial charge on any atom is 0.164 e. The van der Waals surface area contributed by atoms with E-state index in [4.69, 9.17) is 23.8 Å². The van der Waals surface area contributed by atoms with Gasteiger partial charge in [0.05, 0.1) is 16.7 Å². The molecule has 322 valence electrons. The van der Waals surface area contributed by atoms with Gasteiger partial charge in [-0.2, -0.15) is 0 Å². The second-order valence-electron chi connectivity index (χ2n) is 17.5. The quantitative estimate of drug-likeness (QED) is 0.159. The van der Waals surface area contributed by atoms with Crippen LogP contribution in [-0.2, 0) is 0 Å². The van der Waals surface area contributed by atoms with Crippen LogP contribution in [0.1, 0.15) is 0 Å². The van der Waals surface area contributed by atoms with Gasteiger partial charge in [-0.25, -0.2) is 15.0 Å². The Labute approximate surface area is 396 Å². The lowest BCUT2D eigenvalue weighted by Gasteiger charge is -2.12. The molecule has 4 aromatic heterocycles. The number of nitrogens with zero attached hydrogens (tertiary/aromatic N) is 4. The first-order chi connectivity index (χ1) is 34.2. The number of rotatable bonds is 7. The highest BCUT2D eigenvalue weighted by Crippen LogP contribution is 2.44. The number of furan rings is 2. The summed E-state index contributed by atoms with van der Waals surface area (Å²) in [6.07, 6.45) is 0. The molecular weight excluding hydrogens is 845 g/mol. The third-order valence-corrected chi connectivity index (χ3v) is 13.5. The molecule has 0 N–H and O–H groups in total. The monoisotopic (exact) mass is 882 g/mol. The summed E-state index contributed by atoms with van der Waals surface area (Å²) < 4.78 is 16.0. The van der Waals surface area contributed by atoms with Gasteiger partial charge in [0.15, 0.2) is 23.1 Å². The predicted molar refractivity (Wildman–Crippen MR) is 281 cm³/mol. The van der Waals surface area contributed by atoms with Crippen LogP contribution in [0.3, 0.4) is 0 Å². The second kappa shape index (κ2) is 15.6. The van der Waals surface area contributed by atoms with Crippen LogP contribution in [0.4, 0.5) is 0 Å². The molecule has 4 heterocycles. The van der Waals surface area contributed by atoms with E-state index in [0.717, 1.165) is 99.5 Å². The number of para-hydroxylation sites is 2. The van der Waals surface area contributed by atoms with Crippen molar-refractivity contribution in [2.45, 2.75) is 0 Å². The highest BCUT2D eigenvalue weighted by Gasteiger charge is 2.22. The number of hydrogen-bond acceptors (Lipinski definition) is 5. The summed E-state index contributed by atoms with van der Waals surface area (Å²) in [7, 11) is 0. The van der Waals surface area contributed by atoms with E-state index in [0.29, 0.717) is 17.5 Å². The van der Waals surface area contributed by atoms with Gasteiger partial charge in [0.25, 0.3) is 0 Å². The summed E-state index contributed by atoms with van der Waals surface area (Å²) in [5.74, 6) is 1.78. The molecule has 6 nitrogen and oxygen atoms in total. The number of aromatic nitrogens is 4. The van der Waals surface area contributed by atoms with Crippen LogP contribution < -0.4 is 0 Å².